The van der Waals surface area contributed by atoms with E-state index >= 15 is 0 Å². The predicted molar refractivity (Wildman–Crippen MR) is 166 cm³/mol. The van der Waals surface area contributed by atoms with Crippen LogP contribution in [-0.2, 0) is 32.1 Å². The second-order valence-electron chi connectivity index (χ2n) is 9.90. The number of hydrogen-bond donors (Lipinski definition) is 5. The third kappa shape index (κ3) is 11.9. The van der Waals surface area contributed by atoms with Crippen molar-refractivity contribution in [3.8, 4) is 0 Å². The summed E-state index contributed by atoms with van der Waals surface area (Å²) in [5.41, 5.74) is 7.77. The average molecular weight is 589 g/mol. The Morgan fingerprint density at radius 3 is 2.12 bits per heavy atom. The van der Waals surface area contributed by atoms with Gasteiger partial charge in [-0.2, -0.15) is 24.4 Å². The van der Waals surface area contributed by atoms with Gasteiger partial charge in [0.1, 0.15) is 18.7 Å². The molecule has 0 aliphatic carbocycles. The first-order valence-electron chi connectivity index (χ1n) is 13.7. The summed E-state index contributed by atoms with van der Waals surface area (Å²) >= 11 is 5.81. The molecule has 5 N–H and O–H groups in total. The van der Waals surface area contributed by atoms with E-state index in [1.165, 1.54) is 0 Å². The van der Waals surface area contributed by atoms with Crippen LogP contribution >= 0.6 is 24.4 Å². The lowest BCUT2D eigenvalue weighted by molar-refractivity contribution is -0.149. The van der Waals surface area contributed by atoms with E-state index in [1.54, 1.807) is 11.8 Å². The molecule has 220 valence electrons. The maximum atomic E-state index is 13.6. The number of ether oxygens (including phenoxy) is 1. The Morgan fingerprint density at radius 2 is 1.55 bits per heavy atom. The minimum atomic E-state index is -0.888. The number of thiol groups is 1. The summed E-state index contributed by atoms with van der Waals surface area (Å²) in [6.07, 6.45) is 3.39. The first kappa shape index (κ1) is 33.7. The van der Waals surface area contributed by atoms with Crippen LogP contribution in [0.4, 0.5) is 0 Å². The molecular formula is C30H44N4O4S2. The highest BCUT2D eigenvalue weighted by atomic mass is 32.2. The van der Waals surface area contributed by atoms with E-state index in [1.807, 2.05) is 80.8 Å². The second-order valence-corrected chi connectivity index (χ2v) is 11.3. The Morgan fingerprint density at radius 1 is 0.950 bits per heavy atom. The Labute approximate surface area is 248 Å². The Hall–Kier alpha value is -2.53. The summed E-state index contributed by atoms with van der Waals surface area (Å²) in [6, 6.07) is 16.4. The zero-order valence-electron chi connectivity index (χ0n) is 23.7. The van der Waals surface area contributed by atoms with E-state index in [9.17, 15) is 14.4 Å². The number of nitrogens with one attached hydrogen (secondary N) is 3. The van der Waals surface area contributed by atoms with Crippen LogP contribution in [0.25, 0.3) is 0 Å². The van der Waals surface area contributed by atoms with E-state index in [4.69, 9.17) is 10.5 Å². The summed E-state index contributed by atoms with van der Waals surface area (Å²) in [5.74, 6) is -0.0737. The Balaban J connectivity index is 2.20. The molecule has 2 rings (SSSR count). The number of esters is 1. The molecule has 0 bridgehead atoms. The molecule has 2 aromatic rings. The summed E-state index contributed by atoms with van der Waals surface area (Å²) in [7, 11) is 0. The average Bonchev–Trinajstić information content (AvgIpc) is 2.98. The van der Waals surface area contributed by atoms with Gasteiger partial charge in [-0.05, 0) is 35.5 Å². The number of thioether (sulfide) groups is 1. The number of carbonyl (C=O) groups is 3. The van der Waals surface area contributed by atoms with E-state index in [-0.39, 0.29) is 30.9 Å². The lowest BCUT2D eigenvalue weighted by atomic mass is 9.97. The van der Waals surface area contributed by atoms with Gasteiger partial charge in [-0.3, -0.25) is 9.59 Å². The Bertz CT molecular complexity index is 1030. The normalized spacial score (nSPS) is 14.8. The molecule has 2 unspecified atom stereocenters. The molecular weight excluding hydrogens is 544 g/mol. The molecule has 40 heavy (non-hydrogen) atoms. The van der Waals surface area contributed by atoms with Gasteiger partial charge in [0.05, 0.1) is 6.04 Å². The molecule has 0 aliphatic heterocycles. The summed E-state index contributed by atoms with van der Waals surface area (Å²) in [5, 5.41) is 9.07. The second kappa shape index (κ2) is 18.7. The van der Waals surface area contributed by atoms with Crippen molar-refractivity contribution in [3.63, 3.8) is 0 Å². The number of carbonyl (C=O) groups excluding carboxylic acids is 3. The van der Waals surface area contributed by atoms with Crippen molar-refractivity contribution in [2.45, 2.75) is 63.9 Å². The van der Waals surface area contributed by atoms with E-state index in [0.29, 0.717) is 24.5 Å². The molecule has 0 saturated carbocycles. The fourth-order valence-corrected chi connectivity index (χ4v) is 4.64. The van der Waals surface area contributed by atoms with Crippen LogP contribution in [0.3, 0.4) is 0 Å². The van der Waals surface area contributed by atoms with Crippen molar-refractivity contribution in [3.05, 3.63) is 71.8 Å². The summed E-state index contributed by atoms with van der Waals surface area (Å²) < 4.78 is 5.54. The molecule has 0 aromatic heterocycles. The highest BCUT2D eigenvalue weighted by molar-refractivity contribution is 7.98. The van der Waals surface area contributed by atoms with Crippen molar-refractivity contribution in [1.82, 2.24) is 16.0 Å². The molecule has 0 heterocycles. The molecule has 2 amide bonds. The van der Waals surface area contributed by atoms with Crippen molar-refractivity contribution in [1.29, 1.82) is 0 Å². The Kier molecular flexibility index (Phi) is 15.8. The first-order chi connectivity index (χ1) is 19.3. The van der Waals surface area contributed by atoms with Crippen LogP contribution < -0.4 is 21.7 Å². The molecule has 0 aliphatic rings. The molecule has 5 atom stereocenters. The monoisotopic (exact) mass is 588 g/mol. The van der Waals surface area contributed by atoms with Crippen LogP contribution in [0.2, 0.25) is 0 Å². The lowest BCUT2D eigenvalue weighted by Crippen LogP contribution is -2.58. The lowest BCUT2D eigenvalue weighted by Gasteiger charge is -2.28. The van der Waals surface area contributed by atoms with Gasteiger partial charge in [0.2, 0.25) is 11.8 Å². The van der Waals surface area contributed by atoms with Crippen LogP contribution in [-0.4, -0.2) is 66.3 Å². The van der Waals surface area contributed by atoms with Crippen LogP contribution in [0.15, 0.2) is 60.7 Å². The van der Waals surface area contributed by atoms with Crippen molar-refractivity contribution in [2.24, 2.45) is 11.7 Å². The van der Waals surface area contributed by atoms with E-state index in [0.717, 1.165) is 17.5 Å². The van der Waals surface area contributed by atoms with Gasteiger partial charge in [-0.15, -0.1) is 0 Å². The van der Waals surface area contributed by atoms with E-state index < -0.39 is 30.0 Å². The SMILES string of the molecule is CCC(C)[C@H](NCC(N)CS)C(=O)N[C@@H](Cc1ccccc1)C(=O)N[C@@H](CCSC)C(=O)OCc1ccccc1. The molecule has 0 fully saturated rings. The molecule has 0 radical (unpaired) electrons. The molecule has 0 spiro atoms. The van der Waals surface area contributed by atoms with Gasteiger partial charge in [0.15, 0.2) is 0 Å². The van der Waals surface area contributed by atoms with Gasteiger partial charge in [-0.25, -0.2) is 4.79 Å². The minimum Gasteiger partial charge on any atom is -0.459 e. The van der Waals surface area contributed by atoms with Crippen molar-refractivity contribution in [2.75, 3.05) is 24.3 Å². The summed E-state index contributed by atoms with van der Waals surface area (Å²) in [6.45, 7) is 4.53. The number of hydrogen-bond acceptors (Lipinski definition) is 8. The van der Waals surface area contributed by atoms with Crippen LogP contribution in [0.1, 0.15) is 37.8 Å². The number of benzene rings is 2. The topological polar surface area (TPSA) is 123 Å². The number of amides is 2. The number of rotatable bonds is 18. The quantitative estimate of drug-likeness (QED) is 0.134. The molecule has 2 aromatic carbocycles. The molecule has 10 heteroatoms. The van der Waals surface area contributed by atoms with E-state index in [2.05, 4.69) is 28.6 Å². The maximum Gasteiger partial charge on any atom is 0.329 e. The van der Waals surface area contributed by atoms with Crippen molar-refractivity contribution >= 4 is 42.2 Å². The minimum absolute atomic E-state index is 0.00912. The predicted octanol–water partition coefficient (Wildman–Crippen LogP) is 2.96. The van der Waals surface area contributed by atoms with Gasteiger partial charge in [0, 0.05) is 24.8 Å². The molecule has 8 nitrogen and oxygen atoms in total. The zero-order valence-corrected chi connectivity index (χ0v) is 25.4. The van der Waals surface area contributed by atoms with Crippen molar-refractivity contribution < 1.29 is 19.1 Å². The zero-order chi connectivity index (χ0) is 29.3. The van der Waals surface area contributed by atoms with Gasteiger partial charge in [-0.1, -0.05) is 80.9 Å². The molecule has 0 saturated heterocycles. The maximum absolute atomic E-state index is 13.6. The van der Waals surface area contributed by atoms with Gasteiger partial charge < -0.3 is 26.4 Å². The standard InChI is InChI=1S/C30H44N4O4S2/c1-4-21(2)27(32-18-24(31)20-39)29(36)34-26(17-22-11-7-5-8-12-22)28(35)33-25(15-16-40-3)30(37)38-19-23-13-9-6-10-14-23/h5-14,21,24-27,32,39H,4,15-20,31H2,1-3H3,(H,33,35)(H,34,36)/t21?,24?,25-,26-,27-/m0/s1. The van der Waals surface area contributed by atoms with Crippen LogP contribution in [0, 0.1) is 5.92 Å². The third-order valence-corrected chi connectivity index (χ3v) is 7.79. The first-order valence-corrected chi connectivity index (χ1v) is 15.8. The smallest absolute Gasteiger partial charge is 0.329 e. The third-order valence-electron chi connectivity index (χ3n) is 6.68. The van der Waals surface area contributed by atoms with Gasteiger partial charge in [0.25, 0.3) is 0 Å². The fraction of sp³-hybridized carbons (Fsp3) is 0.500. The summed E-state index contributed by atoms with van der Waals surface area (Å²) in [4.78, 5) is 40.1. The van der Waals surface area contributed by atoms with Gasteiger partial charge >= 0.3 is 5.97 Å². The largest absolute Gasteiger partial charge is 0.459 e. The highest BCUT2D eigenvalue weighted by Gasteiger charge is 2.31. The number of nitrogens with two attached hydrogens (primary N) is 1. The van der Waals surface area contributed by atoms with Crippen LogP contribution in [0.5, 0.6) is 0 Å². The fourth-order valence-electron chi connectivity index (χ4n) is 4.04. The highest BCUT2D eigenvalue weighted by Crippen LogP contribution is 2.12.